The molecule has 11 heteroatoms. The molecule has 0 aromatic heterocycles. The first kappa shape index (κ1) is 28.2. The molecule has 40 heavy (non-hydrogen) atoms. The van der Waals surface area contributed by atoms with Gasteiger partial charge in [-0.25, -0.2) is 4.39 Å². The molecule has 0 N–H and O–H groups in total. The van der Waals surface area contributed by atoms with E-state index >= 15 is 0 Å². The van der Waals surface area contributed by atoms with Crippen molar-refractivity contribution in [2.45, 2.75) is 50.2 Å². The minimum atomic E-state index is -5.01. The lowest BCUT2D eigenvalue weighted by atomic mass is 9.78. The number of nitrogens with zero attached hydrogens (tertiary/aromatic N) is 2. The molecule has 3 unspecified atom stereocenters. The van der Waals surface area contributed by atoms with Gasteiger partial charge in [0.15, 0.2) is 0 Å². The Morgan fingerprint density at radius 1 is 0.950 bits per heavy atom. The molecule has 0 spiro atoms. The summed E-state index contributed by atoms with van der Waals surface area (Å²) in [5.74, 6) is -0.897. The van der Waals surface area contributed by atoms with Gasteiger partial charge in [-0.05, 0) is 60.2 Å². The number of carbonyl (C=O) groups is 1. The van der Waals surface area contributed by atoms with Gasteiger partial charge in [-0.15, -0.1) is 0 Å². The van der Waals surface area contributed by atoms with E-state index in [9.17, 15) is 35.5 Å². The number of amides is 1. The smallest absolute Gasteiger partial charge is 0.374 e. The Morgan fingerprint density at radius 3 is 2.17 bits per heavy atom. The fourth-order valence-electron chi connectivity index (χ4n) is 6.30. The molecule has 0 bridgehead atoms. The van der Waals surface area contributed by atoms with Crippen LogP contribution in [0.5, 0.6) is 0 Å². The average molecular weight is 570 g/mol. The highest BCUT2D eigenvalue weighted by Gasteiger charge is 2.47. The maximum absolute atomic E-state index is 13.8. The first-order valence-electron chi connectivity index (χ1n) is 13.0. The van der Waals surface area contributed by atoms with E-state index in [2.05, 4.69) is 11.7 Å². The monoisotopic (exact) mass is 569 g/mol. The Hall–Kier alpha value is -3.37. The van der Waals surface area contributed by atoms with Gasteiger partial charge in [0.25, 0.3) is 12.9 Å². The van der Waals surface area contributed by atoms with Gasteiger partial charge in [0.05, 0.1) is 23.6 Å². The third kappa shape index (κ3) is 5.74. The third-order valence-electron chi connectivity index (χ3n) is 8.19. The predicted octanol–water partition coefficient (Wildman–Crippen LogP) is 6.34. The van der Waals surface area contributed by atoms with Gasteiger partial charge in [-0.2, -0.15) is 26.3 Å². The average Bonchev–Trinajstić information content (AvgIpc) is 3.54. The van der Waals surface area contributed by atoms with Crippen LogP contribution in [0.4, 0.5) is 30.7 Å². The van der Waals surface area contributed by atoms with Crippen LogP contribution in [0.25, 0.3) is 0 Å². The summed E-state index contributed by atoms with van der Waals surface area (Å²) in [6, 6.07) is 6.47. The van der Waals surface area contributed by atoms with E-state index in [0.29, 0.717) is 30.7 Å². The maximum Gasteiger partial charge on any atom is 0.416 e. The molecule has 0 saturated carbocycles. The van der Waals surface area contributed by atoms with Crippen LogP contribution in [0, 0.1) is 17.7 Å². The molecule has 2 aromatic carbocycles. The van der Waals surface area contributed by atoms with Gasteiger partial charge in [-0.1, -0.05) is 12.1 Å². The fraction of sp³-hybridized carbons (Fsp3) is 0.448. The molecule has 3 aliphatic rings. The van der Waals surface area contributed by atoms with Crippen molar-refractivity contribution >= 4 is 12.7 Å². The minimum absolute atomic E-state index is 0.0514. The summed E-state index contributed by atoms with van der Waals surface area (Å²) in [6.45, 7) is 5.14. The quantitative estimate of drug-likeness (QED) is 0.311. The summed E-state index contributed by atoms with van der Waals surface area (Å²) in [4.78, 5) is 17.4. The van der Waals surface area contributed by atoms with E-state index in [0.717, 1.165) is 25.1 Å². The number of benzene rings is 2. The second kappa shape index (κ2) is 10.6. The summed E-state index contributed by atoms with van der Waals surface area (Å²) in [6.07, 6.45) is -6.41. The van der Waals surface area contributed by atoms with Crippen molar-refractivity contribution < 1.29 is 40.0 Å². The summed E-state index contributed by atoms with van der Waals surface area (Å²) in [5.41, 5.74) is -1.48. The topological polar surface area (TPSA) is 34.9 Å². The van der Waals surface area contributed by atoms with Crippen LogP contribution in [0.15, 0.2) is 54.2 Å². The fourth-order valence-corrected chi connectivity index (χ4v) is 6.30. The highest BCUT2D eigenvalue weighted by atomic mass is 19.4. The molecule has 4 nitrogen and oxygen atoms in total. The van der Waals surface area contributed by atoms with Crippen LogP contribution < -0.4 is 0 Å². The van der Waals surface area contributed by atoms with E-state index in [1.165, 1.54) is 17.0 Å². The van der Waals surface area contributed by atoms with Gasteiger partial charge in [0, 0.05) is 43.7 Å². The molecule has 2 saturated heterocycles. The number of fused-ring (bicyclic) bond motifs is 1. The second-order valence-electron chi connectivity index (χ2n) is 10.7. The SMILES string of the molecule is C=[O+]C1C=C(N2CC3CCN(C(=O)Cc4cc(C(F)(F)F)cc(C(F)(F)F)c4)C(c4ccc(F)cc4)[C@@H]3C2)CC1. The predicted molar refractivity (Wildman–Crippen MR) is 132 cm³/mol. The standard InChI is InChI=1S/C29H28F7N2O2/c1-40-24-7-6-23(14-24)37-15-19-8-9-38(27(25(19)16-37)18-2-4-22(30)5-3-18)26(39)12-17-10-20(28(31,32)33)13-21(11-17)29(34,35)36/h2-5,10-11,13-14,19,24-25,27H,1,6-9,12,15-16H2/q+1/t19?,24?,25-,27?/m1/s1. The molecule has 2 aliphatic heterocycles. The summed E-state index contributed by atoms with van der Waals surface area (Å²) < 4.78 is 99.3. The highest BCUT2D eigenvalue weighted by Crippen LogP contribution is 2.46. The van der Waals surface area contributed by atoms with Gasteiger partial charge in [0.2, 0.25) is 5.91 Å². The number of rotatable bonds is 5. The van der Waals surface area contributed by atoms with E-state index in [1.807, 2.05) is 6.08 Å². The van der Waals surface area contributed by atoms with Gasteiger partial charge < -0.3 is 9.80 Å². The number of halogens is 7. The van der Waals surface area contributed by atoms with Gasteiger partial charge in [0.1, 0.15) is 5.82 Å². The molecular weight excluding hydrogens is 541 g/mol. The maximum atomic E-state index is 13.8. The molecule has 214 valence electrons. The van der Waals surface area contributed by atoms with Crippen molar-refractivity contribution in [3.63, 3.8) is 0 Å². The minimum Gasteiger partial charge on any atom is -0.374 e. The van der Waals surface area contributed by atoms with E-state index in [-0.39, 0.29) is 36.1 Å². The van der Waals surface area contributed by atoms with Gasteiger partial charge >= 0.3 is 12.4 Å². The van der Waals surface area contributed by atoms with Crippen LogP contribution in [0.1, 0.15) is 47.6 Å². The summed E-state index contributed by atoms with van der Waals surface area (Å²) >= 11 is 0. The van der Waals surface area contributed by atoms with Crippen LogP contribution >= 0.6 is 0 Å². The van der Waals surface area contributed by atoms with Crippen molar-refractivity contribution in [2.24, 2.45) is 11.8 Å². The number of allylic oxidation sites excluding steroid dienone is 1. The molecule has 1 amide bonds. The first-order valence-corrected chi connectivity index (χ1v) is 13.0. The Morgan fingerprint density at radius 2 is 1.60 bits per heavy atom. The molecule has 4 atom stereocenters. The Labute approximate surface area is 226 Å². The van der Waals surface area contributed by atoms with Crippen molar-refractivity contribution in [3.05, 3.63) is 82.3 Å². The van der Waals surface area contributed by atoms with Crippen molar-refractivity contribution in [1.29, 1.82) is 0 Å². The largest absolute Gasteiger partial charge is 0.416 e. The van der Waals surface area contributed by atoms with Crippen molar-refractivity contribution in [1.82, 2.24) is 9.80 Å². The van der Waals surface area contributed by atoms with Crippen molar-refractivity contribution in [2.75, 3.05) is 19.6 Å². The van der Waals surface area contributed by atoms with Crippen LogP contribution in [-0.4, -0.2) is 48.2 Å². The Kier molecular flexibility index (Phi) is 7.43. The molecular formula is C29H28F7N2O2+. The summed E-state index contributed by atoms with van der Waals surface area (Å²) in [7, 11) is 0. The number of hydrogen-bond donors (Lipinski definition) is 0. The molecule has 2 heterocycles. The first-order chi connectivity index (χ1) is 18.8. The second-order valence-corrected chi connectivity index (χ2v) is 10.7. The number of piperidine rings is 1. The Bertz CT molecular complexity index is 1270. The Balaban J connectivity index is 1.45. The van der Waals surface area contributed by atoms with Crippen LogP contribution in [0.2, 0.25) is 0 Å². The molecule has 2 fully saturated rings. The number of hydrogen-bond acceptors (Lipinski definition) is 2. The highest BCUT2D eigenvalue weighted by molar-refractivity contribution is 5.79. The lowest BCUT2D eigenvalue weighted by Gasteiger charge is -2.43. The lowest BCUT2D eigenvalue weighted by Crippen LogP contribution is -2.46. The molecule has 2 aromatic rings. The normalized spacial score (nSPS) is 25.1. The molecule has 1 aliphatic carbocycles. The number of likely N-dealkylation sites (tertiary alicyclic amines) is 2. The number of carbonyl (C=O) groups excluding carboxylic acids is 2. The van der Waals surface area contributed by atoms with Crippen molar-refractivity contribution in [3.8, 4) is 0 Å². The van der Waals surface area contributed by atoms with Crippen LogP contribution in [0.3, 0.4) is 0 Å². The third-order valence-corrected chi connectivity index (χ3v) is 8.19. The van der Waals surface area contributed by atoms with E-state index < -0.39 is 47.7 Å². The van der Waals surface area contributed by atoms with Gasteiger partial charge in [-0.3, -0.25) is 9.22 Å². The zero-order valence-corrected chi connectivity index (χ0v) is 21.4. The summed E-state index contributed by atoms with van der Waals surface area (Å²) in [5, 5.41) is 0. The number of alkyl halides is 6. The zero-order chi connectivity index (χ0) is 28.8. The van der Waals surface area contributed by atoms with E-state index in [4.69, 9.17) is 4.42 Å². The lowest BCUT2D eigenvalue weighted by molar-refractivity contribution is -0.478. The molecule has 0 radical (unpaired) electrons. The zero-order valence-electron chi connectivity index (χ0n) is 21.4. The van der Waals surface area contributed by atoms with E-state index in [1.54, 1.807) is 12.1 Å². The molecule has 5 rings (SSSR count). The van der Waals surface area contributed by atoms with Crippen LogP contribution in [-0.2, 0) is 28.0 Å².